The Hall–Kier alpha value is -0.646. The topological polar surface area (TPSA) is 9.23 Å². The standard InChI is InChI=1S/C14H24OSi2/c1-7-12-8-10-13(11-9-12)17(5,6)15-16-14(2,3)4/h7-11H,1,16H2,2-6H3. The normalized spacial score (nSPS) is 13.2. The molecule has 0 saturated carbocycles. The Bertz CT molecular complexity index is 374. The van der Waals surface area contributed by atoms with Crippen LogP contribution in [-0.4, -0.2) is 18.1 Å². The minimum Gasteiger partial charge on any atom is -0.457 e. The van der Waals surface area contributed by atoms with Gasteiger partial charge in [0.15, 0.2) is 9.76 Å². The maximum absolute atomic E-state index is 6.31. The summed E-state index contributed by atoms with van der Waals surface area (Å²) in [6, 6.07) is 8.64. The molecule has 0 unspecified atom stereocenters. The minimum atomic E-state index is -1.70. The first-order chi connectivity index (χ1) is 7.74. The molecule has 1 rings (SSSR count). The van der Waals surface area contributed by atoms with E-state index in [1.807, 2.05) is 6.08 Å². The van der Waals surface area contributed by atoms with Gasteiger partial charge in [0.25, 0.3) is 0 Å². The largest absolute Gasteiger partial charge is 0.457 e. The third kappa shape index (κ3) is 4.62. The zero-order valence-electron chi connectivity index (χ0n) is 11.7. The Morgan fingerprint density at radius 1 is 1.18 bits per heavy atom. The van der Waals surface area contributed by atoms with Gasteiger partial charge in [-0.3, -0.25) is 0 Å². The van der Waals surface area contributed by atoms with Crippen LogP contribution in [0, 0.1) is 0 Å². The van der Waals surface area contributed by atoms with Gasteiger partial charge in [0.05, 0.1) is 0 Å². The Morgan fingerprint density at radius 2 is 1.71 bits per heavy atom. The molecular formula is C14H24OSi2. The molecule has 0 N–H and O–H groups in total. The van der Waals surface area contributed by atoms with Crippen molar-refractivity contribution in [1.29, 1.82) is 0 Å². The van der Waals surface area contributed by atoms with E-state index in [1.54, 1.807) is 0 Å². The van der Waals surface area contributed by atoms with Gasteiger partial charge in [-0.05, 0) is 28.9 Å². The van der Waals surface area contributed by atoms with E-state index in [1.165, 1.54) is 10.8 Å². The fraction of sp³-hybridized carbons (Fsp3) is 0.429. The van der Waals surface area contributed by atoms with E-state index in [9.17, 15) is 0 Å². The summed E-state index contributed by atoms with van der Waals surface area (Å²) in [6.45, 7) is 15.2. The zero-order chi connectivity index (χ0) is 13.1. The number of benzene rings is 1. The second-order valence-corrected chi connectivity index (χ2v) is 13.3. The first kappa shape index (κ1) is 14.4. The van der Waals surface area contributed by atoms with Crippen molar-refractivity contribution in [3.63, 3.8) is 0 Å². The van der Waals surface area contributed by atoms with Gasteiger partial charge in [-0.2, -0.15) is 0 Å². The Kier molecular flexibility index (Phi) is 4.52. The van der Waals surface area contributed by atoms with Gasteiger partial charge in [0.2, 0.25) is 8.32 Å². The molecule has 3 heteroatoms. The van der Waals surface area contributed by atoms with Crippen molar-refractivity contribution in [2.75, 3.05) is 0 Å². The van der Waals surface area contributed by atoms with Crippen LogP contribution in [0.5, 0.6) is 0 Å². The Balaban J connectivity index is 2.77. The van der Waals surface area contributed by atoms with Crippen LogP contribution in [0.15, 0.2) is 30.8 Å². The molecule has 0 bridgehead atoms. The van der Waals surface area contributed by atoms with E-state index in [4.69, 9.17) is 4.12 Å². The van der Waals surface area contributed by atoms with Gasteiger partial charge in [-0.25, -0.2) is 0 Å². The summed E-state index contributed by atoms with van der Waals surface area (Å²) in [6.07, 6.45) is 1.88. The predicted octanol–water partition coefficient (Wildman–Crippen LogP) is 3.06. The van der Waals surface area contributed by atoms with Crippen molar-refractivity contribution in [2.24, 2.45) is 0 Å². The third-order valence-corrected chi connectivity index (χ3v) is 8.76. The lowest BCUT2D eigenvalue weighted by molar-refractivity contribution is 0.550. The van der Waals surface area contributed by atoms with Crippen LogP contribution in [0.25, 0.3) is 6.08 Å². The maximum atomic E-state index is 6.31. The summed E-state index contributed by atoms with van der Waals surface area (Å²) in [5.74, 6) is 0. The van der Waals surface area contributed by atoms with E-state index in [0.29, 0.717) is 5.04 Å². The fourth-order valence-corrected chi connectivity index (χ4v) is 6.31. The second kappa shape index (κ2) is 5.33. The molecule has 0 atom stereocenters. The van der Waals surface area contributed by atoms with E-state index in [2.05, 4.69) is 64.7 Å². The van der Waals surface area contributed by atoms with Crippen LogP contribution < -0.4 is 5.19 Å². The summed E-state index contributed by atoms with van der Waals surface area (Å²) >= 11 is 0. The Labute approximate surface area is 109 Å². The molecule has 1 aromatic carbocycles. The second-order valence-electron chi connectivity index (χ2n) is 6.19. The van der Waals surface area contributed by atoms with Crippen molar-refractivity contribution in [3.8, 4) is 0 Å². The first-order valence-corrected chi connectivity index (χ1v) is 10.3. The Morgan fingerprint density at radius 3 is 2.12 bits per heavy atom. The molecule has 0 amide bonds. The predicted molar refractivity (Wildman–Crippen MR) is 83.0 cm³/mol. The smallest absolute Gasteiger partial charge is 0.205 e. The average molecular weight is 265 g/mol. The van der Waals surface area contributed by atoms with Gasteiger partial charge >= 0.3 is 0 Å². The van der Waals surface area contributed by atoms with Crippen molar-refractivity contribution >= 4 is 29.3 Å². The third-order valence-electron chi connectivity index (χ3n) is 2.71. The minimum absolute atomic E-state index is 0.366. The summed E-state index contributed by atoms with van der Waals surface area (Å²) in [4.78, 5) is 0. The van der Waals surface area contributed by atoms with E-state index in [0.717, 1.165) is 0 Å². The van der Waals surface area contributed by atoms with Gasteiger partial charge in [-0.1, -0.05) is 57.7 Å². The fourth-order valence-electron chi connectivity index (χ4n) is 1.50. The molecule has 17 heavy (non-hydrogen) atoms. The highest BCUT2D eigenvalue weighted by Crippen LogP contribution is 2.22. The van der Waals surface area contributed by atoms with E-state index in [-0.39, 0.29) is 0 Å². The first-order valence-electron chi connectivity index (χ1n) is 6.11. The molecule has 0 radical (unpaired) electrons. The SMILES string of the molecule is C=Cc1ccc([Si](C)(C)O[SiH2]C(C)(C)C)cc1. The highest BCUT2D eigenvalue weighted by atomic mass is 28.4. The van der Waals surface area contributed by atoms with Crippen molar-refractivity contribution < 1.29 is 4.12 Å². The molecule has 0 saturated heterocycles. The van der Waals surface area contributed by atoms with Gasteiger partial charge in [0.1, 0.15) is 0 Å². The van der Waals surface area contributed by atoms with Gasteiger partial charge < -0.3 is 4.12 Å². The summed E-state index contributed by atoms with van der Waals surface area (Å²) in [5.41, 5.74) is 1.17. The summed E-state index contributed by atoms with van der Waals surface area (Å²) < 4.78 is 6.31. The maximum Gasteiger partial charge on any atom is 0.205 e. The van der Waals surface area contributed by atoms with Crippen LogP contribution in [0.3, 0.4) is 0 Å². The van der Waals surface area contributed by atoms with Crippen LogP contribution in [0.2, 0.25) is 18.1 Å². The quantitative estimate of drug-likeness (QED) is 0.760. The molecular weight excluding hydrogens is 240 g/mol. The highest BCUT2D eigenvalue weighted by molar-refractivity contribution is 6.87. The van der Waals surface area contributed by atoms with Crippen LogP contribution in [-0.2, 0) is 4.12 Å². The molecule has 0 spiro atoms. The van der Waals surface area contributed by atoms with Crippen molar-refractivity contribution in [1.82, 2.24) is 0 Å². The lowest BCUT2D eigenvalue weighted by Crippen LogP contribution is -2.46. The molecule has 0 aliphatic rings. The lowest BCUT2D eigenvalue weighted by atomic mass is 10.2. The molecule has 94 valence electrons. The number of hydrogen-bond acceptors (Lipinski definition) is 1. The molecule has 0 aromatic heterocycles. The number of rotatable bonds is 4. The lowest BCUT2D eigenvalue weighted by Gasteiger charge is -2.28. The molecule has 1 nitrogen and oxygen atoms in total. The molecule has 0 aliphatic heterocycles. The summed E-state index contributed by atoms with van der Waals surface area (Å²) in [7, 11) is -2.17. The molecule has 0 heterocycles. The van der Waals surface area contributed by atoms with Crippen LogP contribution >= 0.6 is 0 Å². The van der Waals surface area contributed by atoms with E-state index >= 15 is 0 Å². The number of hydrogen-bond donors (Lipinski definition) is 0. The highest BCUT2D eigenvalue weighted by Gasteiger charge is 2.27. The van der Waals surface area contributed by atoms with Gasteiger partial charge in [0, 0.05) is 0 Å². The van der Waals surface area contributed by atoms with Crippen molar-refractivity contribution in [2.45, 2.75) is 38.9 Å². The van der Waals surface area contributed by atoms with Crippen LogP contribution in [0.1, 0.15) is 26.3 Å². The van der Waals surface area contributed by atoms with Crippen molar-refractivity contribution in [3.05, 3.63) is 36.4 Å². The van der Waals surface area contributed by atoms with Crippen LogP contribution in [0.4, 0.5) is 0 Å². The monoisotopic (exact) mass is 264 g/mol. The van der Waals surface area contributed by atoms with Gasteiger partial charge in [-0.15, -0.1) is 0 Å². The average Bonchev–Trinajstić information content (AvgIpc) is 2.26. The van der Waals surface area contributed by atoms with E-state index < -0.39 is 18.1 Å². The zero-order valence-corrected chi connectivity index (χ0v) is 14.1. The molecule has 0 fully saturated rings. The molecule has 1 aromatic rings. The summed E-state index contributed by atoms with van der Waals surface area (Å²) in [5, 5.41) is 1.74. The molecule has 0 aliphatic carbocycles.